The van der Waals surface area contributed by atoms with E-state index in [4.69, 9.17) is 0 Å². The molecule has 3 heterocycles. The topological polar surface area (TPSA) is 71.2 Å². The minimum Gasteiger partial charge on any atom is -0.361 e. The number of aryl methyl sites for hydroxylation is 3. The van der Waals surface area contributed by atoms with Gasteiger partial charge < -0.3 is 10.2 Å². The predicted molar refractivity (Wildman–Crippen MR) is 108 cm³/mol. The molecule has 7 nitrogen and oxygen atoms in total. The van der Waals surface area contributed by atoms with E-state index in [1.807, 2.05) is 48.9 Å². The number of fused-ring (bicyclic) bond motifs is 1. The van der Waals surface area contributed by atoms with E-state index < -0.39 is 0 Å². The van der Waals surface area contributed by atoms with Crippen molar-refractivity contribution in [1.82, 2.24) is 24.6 Å². The van der Waals surface area contributed by atoms with Crippen LogP contribution in [0, 0.1) is 19.8 Å². The lowest BCUT2D eigenvalue weighted by atomic mass is 10.1. The number of hydrogen-bond acceptors (Lipinski definition) is 6. The van der Waals surface area contributed by atoms with Crippen LogP contribution in [0.25, 0.3) is 5.65 Å². The minimum absolute atomic E-state index is 0.671. The first-order valence-electron chi connectivity index (χ1n) is 9.64. The van der Waals surface area contributed by atoms with Crippen molar-refractivity contribution in [3.8, 4) is 0 Å². The number of hydrogen-bond donors (Lipinski definition) is 1. The zero-order valence-electron chi connectivity index (χ0n) is 16.5. The van der Waals surface area contributed by atoms with Gasteiger partial charge in [0.2, 0.25) is 5.95 Å². The zero-order valence-corrected chi connectivity index (χ0v) is 16.5. The molecule has 4 rings (SSSR count). The molecule has 0 unspecified atom stereocenters. The van der Waals surface area contributed by atoms with Crippen LogP contribution in [0.1, 0.15) is 42.6 Å². The van der Waals surface area contributed by atoms with Crippen molar-refractivity contribution in [2.24, 2.45) is 5.92 Å². The van der Waals surface area contributed by atoms with Gasteiger partial charge in [0.1, 0.15) is 5.82 Å². The molecule has 7 heteroatoms. The van der Waals surface area contributed by atoms with Crippen LogP contribution in [0.15, 0.2) is 18.5 Å². The largest absolute Gasteiger partial charge is 0.361 e. The van der Waals surface area contributed by atoms with Crippen LogP contribution < -0.4 is 10.2 Å². The molecule has 0 aliphatic heterocycles. The third-order valence-corrected chi connectivity index (χ3v) is 5.11. The molecule has 0 amide bonds. The van der Waals surface area contributed by atoms with E-state index in [1.165, 1.54) is 31.2 Å². The maximum atomic E-state index is 4.65. The first-order valence-corrected chi connectivity index (χ1v) is 9.64. The van der Waals surface area contributed by atoms with Crippen molar-refractivity contribution < 1.29 is 0 Å². The molecule has 0 radical (unpaired) electrons. The Morgan fingerprint density at radius 2 is 2.04 bits per heavy atom. The maximum absolute atomic E-state index is 4.65. The molecule has 142 valence electrons. The highest BCUT2D eigenvalue weighted by Gasteiger charge is 2.21. The van der Waals surface area contributed by atoms with Crippen LogP contribution in [-0.2, 0) is 6.42 Å². The highest BCUT2D eigenvalue weighted by molar-refractivity contribution is 5.73. The second kappa shape index (κ2) is 7.13. The standard InChI is InChI=1S/C20H27N7/c1-13-10-11-21-19(26(3)4)17(13)25-20-24-14(2)23-18-16(12-22-27(18)20)7-5-6-15-8-9-15/h10-12,15H,5-9H2,1-4H3,(H,23,24,25). The van der Waals surface area contributed by atoms with E-state index >= 15 is 0 Å². The quantitative estimate of drug-likeness (QED) is 0.689. The average molecular weight is 365 g/mol. The summed E-state index contributed by atoms with van der Waals surface area (Å²) in [6.07, 6.45) is 10.1. The van der Waals surface area contributed by atoms with Crippen LogP contribution in [0.2, 0.25) is 0 Å². The number of pyridine rings is 1. The summed E-state index contributed by atoms with van der Waals surface area (Å²) in [5.41, 5.74) is 4.14. The molecule has 1 saturated carbocycles. The van der Waals surface area contributed by atoms with Gasteiger partial charge in [0.25, 0.3) is 0 Å². The second-order valence-corrected chi connectivity index (χ2v) is 7.68. The fourth-order valence-electron chi connectivity index (χ4n) is 3.42. The lowest BCUT2D eigenvalue weighted by molar-refractivity contribution is 0.667. The third-order valence-electron chi connectivity index (χ3n) is 5.11. The summed E-state index contributed by atoms with van der Waals surface area (Å²) < 4.78 is 1.81. The average Bonchev–Trinajstić information content (AvgIpc) is 3.36. The van der Waals surface area contributed by atoms with Gasteiger partial charge in [-0.1, -0.05) is 19.3 Å². The molecule has 1 aliphatic carbocycles. The SMILES string of the molecule is Cc1nc(Nc2c(C)ccnc2N(C)C)n2ncc(CCCC3CC3)c2n1. The molecular weight excluding hydrogens is 338 g/mol. The van der Waals surface area contributed by atoms with E-state index in [2.05, 4.69) is 32.3 Å². The van der Waals surface area contributed by atoms with Crippen molar-refractivity contribution in [2.75, 3.05) is 24.3 Å². The van der Waals surface area contributed by atoms with E-state index in [0.29, 0.717) is 5.95 Å². The Balaban J connectivity index is 1.67. The Bertz CT molecular complexity index is 956. The van der Waals surface area contributed by atoms with Gasteiger partial charge in [0, 0.05) is 25.9 Å². The summed E-state index contributed by atoms with van der Waals surface area (Å²) in [4.78, 5) is 15.7. The predicted octanol–water partition coefficient (Wildman–Crippen LogP) is 3.68. The minimum atomic E-state index is 0.671. The van der Waals surface area contributed by atoms with Crippen molar-refractivity contribution >= 4 is 23.1 Å². The Kier molecular flexibility index (Phi) is 4.68. The molecule has 1 fully saturated rings. The molecule has 27 heavy (non-hydrogen) atoms. The molecule has 0 saturated heterocycles. The molecule has 0 bridgehead atoms. The van der Waals surface area contributed by atoms with Crippen LogP contribution in [-0.4, -0.2) is 38.7 Å². The Morgan fingerprint density at radius 3 is 2.78 bits per heavy atom. The van der Waals surface area contributed by atoms with Crippen LogP contribution in [0.5, 0.6) is 0 Å². The highest BCUT2D eigenvalue weighted by atomic mass is 15.4. The molecule has 0 aromatic carbocycles. The fourth-order valence-corrected chi connectivity index (χ4v) is 3.42. The second-order valence-electron chi connectivity index (χ2n) is 7.68. The molecule has 1 N–H and O–H groups in total. The van der Waals surface area contributed by atoms with Gasteiger partial charge in [-0.25, -0.2) is 9.97 Å². The van der Waals surface area contributed by atoms with Crippen molar-refractivity contribution in [3.63, 3.8) is 0 Å². The van der Waals surface area contributed by atoms with E-state index in [-0.39, 0.29) is 0 Å². The summed E-state index contributed by atoms with van der Waals surface area (Å²) in [6.45, 7) is 3.99. The molecule has 0 atom stereocenters. The summed E-state index contributed by atoms with van der Waals surface area (Å²) in [7, 11) is 3.97. The van der Waals surface area contributed by atoms with Gasteiger partial charge >= 0.3 is 0 Å². The van der Waals surface area contributed by atoms with E-state index in [1.54, 1.807) is 0 Å². The monoisotopic (exact) mass is 365 g/mol. The molecule has 3 aromatic rings. The van der Waals surface area contributed by atoms with Crippen molar-refractivity contribution in [1.29, 1.82) is 0 Å². The number of rotatable bonds is 7. The third kappa shape index (κ3) is 3.72. The number of nitrogens with zero attached hydrogens (tertiary/aromatic N) is 6. The van der Waals surface area contributed by atoms with Crippen molar-refractivity contribution in [3.05, 3.63) is 35.4 Å². The first kappa shape index (κ1) is 17.7. The Labute approximate surface area is 159 Å². The van der Waals surface area contributed by atoms with Gasteiger partial charge in [0.15, 0.2) is 11.5 Å². The van der Waals surface area contributed by atoms with E-state index in [9.17, 15) is 0 Å². The number of nitrogens with one attached hydrogen (secondary N) is 1. The summed E-state index contributed by atoms with van der Waals surface area (Å²) >= 11 is 0. The Morgan fingerprint density at radius 1 is 1.22 bits per heavy atom. The van der Waals surface area contributed by atoms with Gasteiger partial charge in [-0.2, -0.15) is 14.6 Å². The summed E-state index contributed by atoms with van der Waals surface area (Å²) in [5.74, 6) is 3.24. The summed E-state index contributed by atoms with van der Waals surface area (Å²) in [5, 5.41) is 8.02. The van der Waals surface area contributed by atoms with Crippen LogP contribution in [0.3, 0.4) is 0 Å². The van der Waals surface area contributed by atoms with Crippen molar-refractivity contribution in [2.45, 2.75) is 46.0 Å². The van der Waals surface area contributed by atoms with Gasteiger partial charge in [-0.3, -0.25) is 0 Å². The lowest BCUT2D eigenvalue weighted by Gasteiger charge is -2.19. The number of anilines is 3. The van der Waals surface area contributed by atoms with Crippen LogP contribution in [0.4, 0.5) is 17.5 Å². The molecular formula is C20H27N7. The molecule has 0 spiro atoms. The lowest BCUT2D eigenvalue weighted by Crippen LogP contribution is -2.15. The smallest absolute Gasteiger partial charge is 0.232 e. The van der Waals surface area contributed by atoms with Gasteiger partial charge in [-0.15, -0.1) is 0 Å². The maximum Gasteiger partial charge on any atom is 0.232 e. The number of aromatic nitrogens is 5. The first-order chi connectivity index (χ1) is 13.0. The zero-order chi connectivity index (χ0) is 19.0. The van der Waals surface area contributed by atoms with Crippen LogP contribution >= 0.6 is 0 Å². The highest BCUT2D eigenvalue weighted by Crippen LogP contribution is 2.34. The fraction of sp³-hybridized carbons (Fsp3) is 0.500. The normalized spacial score (nSPS) is 13.9. The van der Waals surface area contributed by atoms with Gasteiger partial charge in [-0.05, 0) is 44.2 Å². The van der Waals surface area contributed by atoms with E-state index in [0.717, 1.165) is 40.9 Å². The summed E-state index contributed by atoms with van der Waals surface area (Å²) in [6, 6.07) is 1.99. The van der Waals surface area contributed by atoms with Gasteiger partial charge in [0.05, 0.1) is 11.9 Å². The Hall–Kier alpha value is -2.70. The molecule has 1 aliphatic rings. The molecule has 3 aromatic heterocycles.